The van der Waals surface area contributed by atoms with Gasteiger partial charge in [-0.3, -0.25) is 9.69 Å². The summed E-state index contributed by atoms with van der Waals surface area (Å²) in [6, 6.07) is 15.2. The highest BCUT2D eigenvalue weighted by atomic mass is 16.5. The van der Waals surface area contributed by atoms with E-state index in [0.717, 1.165) is 16.0 Å². The van der Waals surface area contributed by atoms with E-state index >= 15 is 0 Å². The fourth-order valence-corrected chi connectivity index (χ4v) is 4.12. The number of nitriles is 1. The van der Waals surface area contributed by atoms with Gasteiger partial charge in [-0.2, -0.15) is 5.26 Å². The Morgan fingerprint density at radius 3 is 2.67 bits per heavy atom. The summed E-state index contributed by atoms with van der Waals surface area (Å²) >= 11 is 0. The minimum absolute atomic E-state index is 0.0306. The molecule has 0 radical (unpaired) electrons. The van der Waals surface area contributed by atoms with Crippen LogP contribution in [-0.2, 0) is 29.1 Å². The van der Waals surface area contributed by atoms with Crippen molar-refractivity contribution in [1.82, 2.24) is 10.2 Å². The molecule has 0 spiro atoms. The third-order valence-corrected chi connectivity index (χ3v) is 5.96. The monoisotopic (exact) mass is 541 g/mol. The van der Waals surface area contributed by atoms with Gasteiger partial charge in [0.2, 0.25) is 5.76 Å². The van der Waals surface area contributed by atoms with Crippen molar-refractivity contribution in [3.05, 3.63) is 101 Å². The Hall–Kier alpha value is -5.30. The molecule has 1 aliphatic rings. The lowest BCUT2D eigenvalue weighted by Crippen LogP contribution is -2.30. The van der Waals surface area contributed by atoms with E-state index in [4.69, 9.17) is 13.9 Å². The van der Waals surface area contributed by atoms with E-state index in [1.807, 2.05) is 25.1 Å². The number of carbonyl (C=O) groups excluding carboxylic acids is 3. The number of allylic oxidation sites excluding steroid dienone is 1. The standard InChI is InChI=1S/C30H27N3O7/c1-4-8-20-13-19(15-26(38-5-2)27(20)39-18-22-10-7-6-9-21(22)16-31)14-24-28(34)33(30(36)32-24)17-23-11-12-25(40-23)29(35)37-3/h4,6-7,9-15H,1,5,8,17-18H2,2-3H3,(H,32,36)/b24-14-. The van der Waals surface area contributed by atoms with Crippen molar-refractivity contribution in [1.29, 1.82) is 5.26 Å². The summed E-state index contributed by atoms with van der Waals surface area (Å²) in [5, 5.41) is 12.0. The van der Waals surface area contributed by atoms with Gasteiger partial charge in [0.1, 0.15) is 18.1 Å². The fourth-order valence-electron chi connectivity index (χ4n) is 4.12. The molecular weight excluding hydrogens is 514 g/mol. The van der Waals surface area contributed by atoms with Gasteiger partial charge in [0.05, 0.1) is 31.9 Å². The minimum atomic E-state index is -0.661. The molecule has 4 rings (SSSR count). The lowest BCUT2D eigenvalue weighted by atomic mass is 10.0. The molecule has 3 aromatic rings. The zero-order chi connectivity index (χ0) is 28.6. The van der Waals surface area contributed by atoms with Crippen LogP contribution in [0.2, 0.25) is 0 Å². The number of nitrogens with zero attached hydrogens (tertiary/aromatic N) is 2. The maximum Gasteiger partial charge on any atom is 0.373 e. The van der Waals surface area contributed by atoms with Crippen molar-refractivity contribution in [2.24, 2.45) is 0 Å². The number of nitrogens with one attached hydrogen (secondary N) is 1. The third-order valence-electron chi connectivity index (χ3n) is 5.96. The van der Waals surface area contributed by atoms with Gasteiger partial charge in [-0.05, 0) is 55.3 Å². The van der Waals surface area contributed by atoms with Crippen LogP contribution in [0.1, 0.15) is 45.5 Å². The van der Waals surface area contributed by atoms with E-state index in [2.05, 4.69) is 22.7 Å². The summed E-state index contributed by atoms with van der Waals surface area (Å²) in [5.74, 6) is -0.0562. The third kappa shape index (κ3) is 6.05. The molecule has 10 heteroatoms. The first-order valence-electron chi connectivity index (χ1n) is 12.4. The predicted octanol–water partition coefficient (Wildman–Crippen LogP) is 4.74. The minimum Gasteiger partial charge on any atom is -0.490 e. The van der Waals surface area contributed by atoms with Crippen molar-refractivity contribution in [3.8, 4) is 17.6 Å². The Kier molecular flexibility index (Phi) is 8.66. The maximum absolute atomic E-state index is 13.1. The van der Waals surface area contributed by atoms with Crippen molar-refractivity contribution >= 4 is 24.0 Å². The Morgan fingerprint density at radius 2 is 1.95 bits per heavy atom. The van der Waals surface area contributed by atoms with Crippen LogP contribution < -0.4 is 14.8 Å². The molecule has 1 saturated heterocycles. The van der Waals surface area contributed by atoms with Crippen molar-refractivity contribution < 1.29 is 33.0 Å². The number of imide groups is 1. The Labute approximate surface area is 231 Å². The molecule has 1 N–H and O–H groups in total. The van der Waals surface area contributed by atoms with Crippen LogP contribution in [0, 0.1) is 11.3 Å². The maximum atomic E-state index is 13.1. The number of carbonyl (C=O) groups is 3. The normalized spacial score (nSPS) is 13.6. The van der Waals surface area contributed by atoms with E-state index in [9.17, 15) is 19.6 Å². The molecule has 0 bridgehead atoms. The van der Waals surface area contributed by atoms with E-state index in [1.54, 1.807) is 30.4 Å². The van der Waals surface area contributed by atoms with Crippen LogP contribution in [0.3, 0.4) is 0 Å². The molecule has 1 aliphatic heterocycles. The van der Waals surface area contributed by atoms with Crippen LogP contribution in [0.5, 0.6) is 11.5 Å². The molecule has 0 atom stereocenters. The topological polar surface area (TPSA) is 131 Å². The van der Waals surface area contributed by atoms with Crippen LogP contribution in [0.25, 0.3) is 6.08 Å². The zero-order valence-corrected chi connectivity index (χ0v) is 22.1. The molecule has 10 nitrogen and oxygen atoms in total. The number of esters is 1. The van der Waals surface area contributed by atoms with Gasteiger partial charge in [-0.25, -0.2) is 9.59 Å². The fraction of sp³-hybridized carbons (Fsp3) is 0.200. The lowest BCUT2D eigenvalue weighted by molar-refractivity contribution is -0.123. The summed E-state index contributed by atoms with van der Waals surface area (Å²) < 4.78 is 22.0. The number of rotatable bonds is 11. The molecule has 0 saturated carbocycles. The molecular formula is C30H27N3O7. The number of furan rings is 1. The smallest absolute Gasteiger partial charge is 0.373 e. The summed E-state index contributed by atoms with van der Waals surface area (Å²) in [5.41, 5.74) is 2.66. The SMILES string of the molecule is C=CCc1cc(/C=C2\NC(=O)N(Cc3ccc(C(=O)OC)o3)C2=O)cc(OCC)c1OCc1ccccc1C#N. The van der Waals surface area contributed by atoms with Crippen LogP contribution in [0.15, 0.2) is 71.3 Å². The summed E-state index contributed by atoms with van der Waals surface area (Å²) in [6.07, 6.45) is 3.71. The number of methoxy groups -OCH3 is 1. The van der Waals surface area contributed by atoms with E-state index < -0.39 is 17.9 Å². The van der Waals surface area contributed by atoms with Crippen molar-refractivity contribution in [2.75, 3.05) is 13.7 Å². The summed E-state index contributed by atoms with van der Waals surface area (Å²) in [4.78, 5) is 38.3. The quantitative estimate of drug-likeness (QED) is 0.159. The number of ether oxygens (including phenoxy) is 3. The molecule has 1 fully saturated rings. The lowest BCUT2D eigenvalue weighted by Gasteiger charge is -2.17. The molecule has 0 aliphatic carbocycles. The number of urea groups is 1. The Morgan fingerprint density at radius 1 is 1.15 bits per heavy atom. The Balaban J connectivity index is 1.60. The second-order valence-corrected chi connectivity index (χ2v) is 8.63. The van der Waals surface area contributed by atoms with Gasteiger partial charge in [-0.1, -0.05) is 24.3 Å². The average molecular weight is 542 g/mol. The molecule has 3 amide bonds. The van der Waals surface area contributed by atoms with Gasteiger partial charge in [0.25, 0.3) is 5.91 Å². The highest BCUT2D eigenvalue weighted by molar-refractivity contribution is 6.13. The molecule has 204 valence electrons. The van der Waals surface area contributed by atoms with E-state index in [1.165, 1.54) is 19.2 Å². The molecule has 2 heterocycles. The first-order valence-corrected chi connectivity index (χ1v) is 12.4. The highest BCUT2D eigenvalue weighted by Gasteiger charge is 2.34. The van der Waals surface area contributed by atoms with Crippen LogP contribution in [0.4, 0.5) is 4.79 Å². The van der Waals surface area contributed by atoms with Gasteiger partial charge < -0.3 is 23.9 Å². The number of amides is 3. The first kappa shape index (κ1) is 27.7. The number of hydrogen-bond acceptors (Lipinski definition) is 8. The first-order chi connectivity index (χ1) is 19.4. The Bertz CT molecular complexity index is 1530. The van der Waals surface area contributed by atoms with E-state index in [-0.39, 0.29) is 30.4 Å². The molecule has 1 aromatic heterocycles. The van der Waals surface area contributed by atoms with E-state index in [0.29, 0.717) is 35.7 Å². The second-order valence-electron chi connectivity index (χ2n) is 8.63. The average Bonchev–Trinajstić information content (AvgIpc) is 3.53. The van der Waals surface area contributed by atoms with Crippen LogP contribution >= 0.6 is 0 Å². The summed E-state index contributed by atoms with van der Waals surface area (Å²) in [6.45, 7) is 6.02. The predicted molar refractivity (Wildman–Crippen MR) is 144 cm³/mol. The van der Waals surface area contributed by atoms with Gasteiger partial charge >= 0.3 is 12.0 Å². The van der Waals surface area contributed by atoms with Crippen molar-refractivity contribution in [2.45, 2.75) is 26.5 Å². The molecule has 0 unspecified atom stereocenters. The molecule has 40 heavy (non-hydrogen) atoms. The number of hydrogen-bond donors (Lipinski definition) is 1. The van der Waals surface area contributed by atoms with Crippen molar-refractivity contribution in [3.63, 3.8) is 0 Å². The molecule has 2 aromatic carbocycles. The van der Waals surface area contributed by atoms with Crippen LogP contribution in [-0.4, -0.2) is 36.5 Å². The number of benzene rings is 2. The van der Waals surface area contributed by atoms with Gasteiger partial charge in [-0.15, -0.1) is 6.58 Å². The largest absolute Gasteiger partial charge is 0.490 e. The van der Waals surface area contributed by atoms with Gasteiger partial charge in [0, 0.05) is 11.1 Å². The summed E-state index contributed by atoms with van der Waals surface area (Å²) in [7, 11) is 1.23. The highest BCUT2D eigenvalue weighted by Crippen LogP contribution is 2.36. The zero-order valence-electron chi connectivity index (χ0n) is 22.1. The second kappa shape index (κ2) is 12.5. The van der Waals surface area contributed by atoms with Gasteiger partial charge in [0.15, 0.2) is 11.5 Å².